The van der Waals surface area contributed by atoms with Crippen LogP contribution in [0, 0.1) is 0 Å². The van der Waals surface area contributed by atoms with Crippen LogP contribution in [0.2, 0.25) is 0 Å². The summed E-state index contributed by atoms with van der Waals surface area (Å²) in [6.45, 7) is 16.4. The summed E-state index contributed by atoms with van der Waals surface area (Å²) >= 11 is 0. The Labute approximate surface area is 351 Å². The summed E-state index contributed by atoms with van der Waals surface area (Å²) < 4.78 is 0. The highest BCUT2D eigenvalue weighted by Gasteiger charge is 2.13. The molecule has 0 aromatic carbocycles. The van der Waals surface area contributed by atoms with Crippen LogP contribution >= 0.6 is 0 Å². The number of likely N-dealkylation sites (tertiary alicyclic amines) is 1. The third kappa shape index (κ3) is 37.1. The summed E-state index contributed by atoms with van der Waals surface area (Å²) in [5, 5.41) is 2.01. The van der Waals surface area contributed by atoms with Gasteiger partial charge >= 0.3 is 5.97 Å². The lowest BCUT2D eigenvalue weighted by atomic mass is 10.1. The molecule has 0 amide bonds. The summed E-state index contributed by atoms with van der Waals surface area (Å²) in [4.78, 5) is 24.1. The van der Waals surface area contributed by atoms with E-state index in [-0.39, 0.29) is 5.97 Å². The largest absolute Gasteiger partial charge is 0.368 e. The molecule has 0 aromatic rings. The highest BCUT2D eigenvalue weighted by Crippen LogP contribution is 2.15. The van der Waals surface area contributed by atoms with Crippen LogP contribution in [-0.2, 0) is 9.63 Å². The average molecular weight is 786 g/mol. The van der Waals surface area contributed by atoms with Crippen LogP contribution in [-0.4, -0.2) is 73.2 Å². The van der Waals surface area contributed by atoms with Crippen LogP contribution in [0.25, 0.3) is 0 Å². The van der Waals surface area contributed by atoms with E-state index in [1.807, 2.05) is 5.06 Å². The van der Waals surface area contributed by atoms with Crippen molar-refractivity contribution in [2.45, 2.75) is 245 Å². The molecule has 5 nitrogen and oxygen atoms in total. The molecule has 0 aliphatic carbocycles. The maximum absolute atomic E-state index is 12.7. The maximum atomic E-state index is 12.7. The van der Waals surface area contributed by atoms with E-state index >= 15 is 0 Å². The van der Waals surface area contributed by atoms with Gasteiger partial charge < -0.3 is 14.6 Å². The Balaban J connectivity index is 2.18. The molecule has 1 aliphatic rings. The fraction of sp³-hybridized carbons (Fsp3) is 0.902. The van der Waals surface area contributed by atoms with Crippen molar-refractivity contribution in [2.75, 3.05) is 52.4 Å². The SMILES string of the molecule is CCCCC/C=C\C/C=C\CCCCCCCCN(CCCCCCCCCC(=O)ON(CCCCCCCC)CCCCCCCC)CCCN1CCCC1. The fourth-order valence-electron chi connectivity index (χ4n) is 8.20. The van der Waals surface area contributed by atoms with Crippen molar-refractivity contribution in [2.24, 2.45) is 0 Å². The number of carbonyl (C=O) groups is 1. The number of nitrogens with zero attached hydrogens (tertiary/aromatic N) is 3. The van der Waals surface area contributed by atoms with E-state index < -0.39 is 0 Å². The first-order chi connectivity index (χ1) is 27.7. The van der Waals surface area contributed by atoms with Crippen molar-refractivity contribution < 1.29 is 9.63 Å². The zero-order chi connectivity index (χ0) is 40.3. The third-order valence-electron chi connectivity index (χ3n) is 11.9. The first-order valence-electron chi connectivity index (χ1n) is 25.4. The van der Waals surface area contributed by atoms with E-state index in [0.717, 1.165) is 45.2 Å². The second kappa shape index (κ2) is 43.4. The molecule has 0 atom stereocenters. The minimum Gasteiger partial charge on any atom is -0.368 e. The Morgan fingerprint density at radius 2 is 0.857 bits per heavy atom. The Bertz CT molecular complexity index is 838. The second-order valence-corrected chi connectivity index (χ2v) is 17.5. The van der Waals surface area contributed by atoms with Gasteiger partial charge in [0.2, 0.25) is 0 Å². The van der Waals surface area contributed by atoms with Crippen molar-refractivity contribution in [3.8, 4) is 0 Å². The molecule has 0 spiro atoms. The van der Waals surface area contributed by atoms with Gasteiger partial charge in [0.15, 0.2) is 0 Å². The average Bonchev–Trinajstić information content (AvgIpc) is 3.73. The molecule has 0 bridgehead atoms. The summed E-state index contributed by atoms with van der Waals surface area (Å²) in [5.74, 6) is -0.00778. The van der Waals surface area contributed by atoms with Gasteiger partial charge in [-0.3, -0.25) is 4.79 Å². The van der Waals surface area contributed by atoms with Crippen LogP contribution < -0.4 is 0 Å². The van der Waals surface area contributed by atoms with Crippen molar-refractivity contribution in [3.63, 3.8) is 0 Å². The van der Waals surface area contributed by atoms with Crippen LogP contribution in [0.3, 0.4) is 0 Å². The summed E-state index contributed by atoms with van der Waals surface area (Å²) in [6, 6.07) is 0. The minimum absolute atomic E-state index is 0.00778. The molecular weight excluding hydrogens is 687 g/mol. The van der Waals surface area contributed by atoms with Gasteiger partial charge in [-0.2, -0.15) is 0 Å². The lowest BCUT2D eigenvalue weighted by molar-refractivity contribution is -0.191. The lowest BCUT2D eigenvalue weighted by Gasteiger charge is -2.24. The van der Waals surface area contributed by atoms with Crippen LogP contribution in [0.1, 0.15) is 245 Å². The van der Waals surface area contributed by atoms with E-state index in [2.05, 4.69) is 54.9 Å². The number of carbonyl (C=O) groups excluding carboxylic acids is 1. The molecule has 1 fully saturated rings. The number of unbranched alkanes of at least 4 members (excludes halogenated alkanes) is 25. The van der Waals surface area contributed by atoms with E-state index in [0.29, 0.717) is 6.42 Å². The van der Waals surface area contributed by atoms with Crippen molar-refractivity contribution in [1.29, 1.82) is 0 Å². The van der Waals surface area contributed by atoms with E-state index in [1.54, 1.807) is 0 Å². The molecule has 5 heteroatoms. The Morgan fingerprint density at radius 3 is 1.38 bits per heavy atom. The van der Waals surface area contributed by atoms with E-state index in [9.17, 15) is 4.79 Å². The number of hydrogen-bond acceptors (Lipinski definition) is 5. The summed E-state index contributed by atoms with van der Waals surface area (Å²) in [7, 11) is 0. The van der Waals surface area contributed by atoms with Crippen LogP contribution in [0.15, 0.2) is 24.3 Å². The van der Waals surface area contributed by atoms with Crippen LogP contribution in [0.4, 0.5) is 0 Å². The molecule has 1 saturated heterocycles. The van der Waals surface area contributed by atoms with Crippen molar-refractivity contribution in [1.82, 2.24) is 14.9 Å². The highest BCUT2D eigenvalue weighted by molar-refractivity contribution is 5.68. The predicted molar refractivity (Wildman–Crippen MR) is 247 cm³/mol. The van der Waals surface area contributed by atoms with Gasteiger partial charge in [-0.1, -0.05) is 180 Å². The van der Waals surface area contributed by atoms with Gasteiger partial charge in [0.05, 0.1) is 0 Å². The van der Waals surface area contributed by atoms with Gasteiger partial charge in [-0.15, -0.1) is 5.06 Å². The highest BCUT2D eigenvalue weighted by atomic mass is 16.7. The Morgan fingerprint density at radius 1 is 0.464 bits per heavy atom. The number of allylic oxidation sites excluding steroid dienone is 4. The number of hydrogen-bond donors (Lipinski definition) is 0. The molecule has 0 saturated carbocycles. The molecule has 56 heavy (non-hydrogen) atoms. The second-order valence-electron chi connectivity index (χ2n) is 17.5. The van der Waals surface area contributed by atoms with Crippen molar-refractivity contribution >= 4 is 5.97 Å². The summed E-state index contributed by atoms with van der Waals surface area (Å²) in [6.07, 6.45) is 54.1. The molecule has 0 radical (unpaired) electrons. The topological polar surface area (TPSA) is 36.0 Å². The van der Waals surface area contributed by atoms with Gasteiger partial charge in [0.25, 0.3) is 0 Å². The minimum atomic E-state index is -0.00778. The van der Waals surface area contributed by atoms with E-state index in [1.165, 1.54) is 225 Å². The molecule has 1 heterocycles. The molecule has 1 aliphatic heterocycles. The molecule has 0 N–H and O–H groups in total. The third-order valence-corrected chi connectivity index (χ3v) is 11.9. The molecule has 330 valence electrons. The molecular formula is C51H99N3O2. The van der Waals surface area contributed by atoms with E-state index in [4.69, 9.17) is 4.84 Å². The lowest BCUT2D eigenvalue weighted by Crippen LogP contribution is -2.30. The maximum Gasteiger partial charge on any atom is 0.325 e. The standard InChI is InChI=1S/C51H99N3O2/c1-4-7-10-13-16-17-18-19-20-21-22-23-24-27-30-35-43-52(47-41-48-53-45-39-40-46-53)44-36-31-28-25-26-29-34-42-51(55)56-54(49-37-32-14-11-8-5-2)50-38-33-15-12-9-6-3/h16-17,19-20H,4-15,18,21-50H2,1-3H3/b17-16-,20-19-. The van der Waals surface area contributed by atoms with Crippen molar-refractivity contribution in [3.05, 3.63) is 24.3 Å². The smallest absolute Gasteiger partial charge is 0.325 e. The molecule has 1 rings (SSSR count). The summed E-state index contributed by atoms with van der Waals surface area (Å²) in [5.41, 5.74) is 0. The fourth-order valence-corrected chi connectivity index (χ4v) is 8.20. The predicted octanol–water partition coefficient (Wildman–Crippen LogP) is 15.2. The number of hydroxylamine groups is 2. The van der Waals surface area contributed by atoms with Gasteiger partial charge in [0, 0.05) is 19.5 Å². The van der Waals surface area contributed by atoms with Gasteiger partial charge in [0.1, 0.15) is 0 Å². The Kier molecular flexibility index (Phi) is 41.0. The quantitative estimate of drug-likeness (QED) is 0.0349. The first kappa shape index (κ1) is 52.8. The van der Waals surface area contributed by atoms with Gasteiger partial charge in [-0.05, 0) is 123 Å². The molecule has 0 aromatic heterocycles. The van der Waals surface area contributed by atoms with Gasteiger partial charge in [-0.25, -0.2) is 0 Å². The zero-order valence-electron chi connectivity index (χ0n) is 38.4. The molecule has 0 unspecified atom stereocenters. The Hall–Kier alpha value is -1.17. The first-order valence-corrected chi connectivity index (χ1v) is 25.4. The monoisotopic (exact) mass is 786 g/mol. The number of rotatable bonds is 44. The zero-order valence-corrected chi connectivity index (χ0v) is 38.4. The normalized spacial score (nSPS) is 13.8. The van der Waals surface area contributed by atoms with Crippen LogP contribution in [0.5, 0.6) is 0 Å².